The van der Waals surface area contributed by atoms with Crippen molar-refractivity contribution >= 4 is 11.9 Å². The molecule has 4 heteroatoms. The molecular formula is C40H78O4. The number of carboxylic acid groups (broad SMARTS) is 2. The molecule has 0 aliphatic heterocycles. The molecule has 0 atom stereocenters. The van der Waals surface area contributed by atoms with Crippen molar-refractivity contribution < 1.29 is 19.8 Å². The molecule has 0 aromatic heterocycles. The van der Waals surface area contributed by atoms with Gasteiger partial charge in [0.25, 0.3) is 0 Å². The Morgan fingerprint density at radius 2 is 0.591 bits per heavy atom. The first-order valence-electron chi connectivity index (χ1n) is 19.9. The lowest BCUT2D eigenvalue weighted by Gasteiger charge is -2.30. The fourth-order valence-corrected chi connectivity index (χ4v) is 6.93. The van der Waals surface area contributed by atoms with Crippen molar-refractivity contribution in [3.8, 4) is 0 Å². The van der Waals surface area contributed by atoms with E-state index in [0.717, 1.165) is 51.4 Å². The fourth-order valence-electron chi connectivity index (χ4n) is 6.93. The zero-order valence-corrected chi connectivity index (χ0v) is 30.0. The molecule has 0 saturated carbocycles. The number of hydrogen-bond acceptors (Lipinski definition) is 2. The minimum atomic E-state index is -0.751. The normalized spacial score (nSPS) is 11.8. The maximum absolute atomic E-state index is 12.6. The Balaban J connectivity index is 4.22. The fraction of sp³-hybridized carbons (Fsp3) is 0.950. The van der Waals surface area contributed by atoms with Crippen molar-refractivity contribution in [1.29, 1.82) is 0 Å². The lowest BCUT2D eigenvalue weighted by Crippen LogP contribution is -2.31. The molecule has 2 N–H and O–H groups in total. The minimum absolute atomic E-state index is 0.192. The Morgan fingerprint density at radius 3 is 0.818 bits per heavy atom. The van der Waals surface area contributed by atoms with Crippen LogP contribution in [0.2, 0.25) is 0 Å². The topological polar surface area (TPSA) is 74.6 Å². The molecule has 0 spiro atoms. The quantitative estimate of drug-likeness (QED) is 0.0676. The van der Waals surface area contributed by atoms with Gasteiger partial charge in [-0.05, 0) is 25.7 Å². The van der Waals surface area contributed by atoms with Gasteiger partial charge in [-0.3, -0.25) is 9.59 Å². The summed E-state index contributed by atoms with van der Waals surface area (Å²) >= 11 is 0. The van der Waals surface area contributed by atoms with Gasteiger partial charge in [0.2, 0.25) is 0 Å². The molecule has 4 nitrogen and oxygen atoms in total. The highest BCUT2D eigenvalue weighted by molar-refractivity contribution is 5.74. The van der Waals surface area contributed by atoms with Gasteiger partial charge in [0, 0.05) is 6.42 Å². The standard InChI is InChI=1S/C40H78O4/c1-3-5-7-9-11-13-15-17-19-21-23-25-27-31-35-40(39(43)44,37-33-29-30-34-38(41)42)36-32-28-26-24-22-20-18-16-14-12-10-8-6-4-2/h3-37H2,1-2H3,(H,41,42)(H,43,44). The molecule has 0 saturated heterocycles. The average molecular weight is 623 g/mol. The molecule has 0 aromatic rings. The second kappa shape index (κ2) is 33.3. The first-order valence-corrected chi connectivity index (χ1v) is 19.9. The largest absolute Gasteiger partial charge is 0.481 e. The summed E-state index contributed by atoms with van der Waals surface area (Å²) < 4.78 is 0. The van der Waals surface area contributed by atoms with Crippen LogP contribution >= 0.6 is 0 Å². The van der Waals surface area contributed by atoms with E-state index in [4.69, 9.17) is 5.11 Å². The Bertz CT molecular complexity index is 584. The van der Waals surface area contributed by atoms with E-state index in [1.807, 2.05) is 0 Å². The molecule has 0 aromatic carbocycles. The lowest BCUT2D eigenvalue weighted by molar-refractivity contribution is -0.151. The SMILES string of the molecule is CCCCCCCCCCCCCCCCC(CCCCCCCCCCCCCCCC)(CCCCCC(=O)O)C(=O)O. The molecule has 0 heterocycles. The molecule has 0 aliphatic rings. The maximum atomic E-state index is 12.6. The molecule has 0 unspecified atom stereocenters. The molecular weight excluding hydrogens is 544 g/mol. The van der Waals surface area contributed by atoms with E-state index in [9.17, 15) is 14.7 Å². The van der Waals surface area contributed by atoms with Crippen LogP contribution in [0, 0.1) is 5.41 Å². The Kier molecular flexibility index (Phi) is 32.5. The number of carboxylic acids is 2. The third-order valence-electron chi connectivity index (χ3n) is 10.0. The van der Waals surface area contributed by atoms with Gasteiger partial charge in [-0.15, -0.1) is 0 Å². The van der Waals surface area contributed by atoms with Crippen LogP contribution in [0.1, 0.15) is 239 Å². The number of carbonyl (C=O) groups is 2. The number of hydrogen-bond donors (Lipinski definition) is 2. The maximum Gasteiger partial charge on any atom is 0.309 e. The van der Waals surface area contributed by atoms with Crippen molar-refractivity contribution in [3.05, 3.63) is 0 Å². The van der Waals surface area contributed by atoms with Crippen molar-refractivity contribution in [3.63, 3.8) is 0 Å². The van der Waals surface area contributed by atoms with Gasteiger partial charge in [0.05, 0.1) is 5.41 Å². The second-order valence-electron chi connectivity index (χ2n) is 14.2. The molecule has 0 amide bonds. The van der Waals surface area contributed by atoms with E-state index in [0.29, 0.717) is 12.8 Å². The van der Waals surface area contributed by atoms with E-state index in [2.05, 4.69) is 13.8 Å². The van der Waals surface area contributed by atoms with Crippen LogP contribution in [0.5, 0.6) is 0 Å². The first-order chi connectivity index (χ1) is 21.5. The molecule has 0 aliphatic carbocycles. The third-order valence-corrected chi connectivity index (χ3v) is 10.0. The smallest absolute Gasteiger partial charge is 0.309 e. The van der Waals surface area contributed by atoms with Crippen LogP contribution < -0.4 is 0 Å². The van der Waals surface area contributed by atoms with Crippen molar-refractivity contribution in [2.75, 3.05) is 0 Å². The number of unbranched alkanes of at least 4 members (excludes halogenated alkanes) is 28. The van der Waals surface area contributed by atoms with Gasteiger partial charge in [-0.25, -0.2) is 0 Å². The summed E-state index contributed by atoms with van der Waals surface area (Å²) in [5.74, 6) is -1.36. The molecule has 0 fully saturated rings. The predicted octanol–water partition coefficient (Wildman–Crippen LogP) is 13.8. The van der Waals surface area contributed by atoms with Gasteiger partial charge in [-0.2, -0.15) is 0 Å². The Morgan fingerprint density at radius 1 is 0.364 bits per heavy atom. The Labute approximate surface area is 275 Å². The van der Waals surface area contributed by atoms with Crippen LogP contribution in [-0.4, -0.2) is 22.2 Å². The van der Waals surface area contributed by atoms with E-state index in [1.165, 1.54) is 154 Å². The highest BCUT2D eigenvalue weighted by Crippen LogP contribution is 2.38. The van der Waals surface area contributed by atoms with E-state index >= 15 is 0 Å². The highest BCUT2D eigenvalue weighted by atomic mass is 16.4. The third kappa shape index (κ3) is 28.4. The van der Waals surface area contributed by atoms with Gasteiger partial charge >= 0.3 is 11.9 Å². The predicted molar refractivity (Wildman–Crippen MR) is 191 cm³/mol. The summed E-state index contributed by atoms with van der Waals surface area (Å²) in [6.07, 6.45) is 41.6. The summed E-state index contributed by atoms with van der Waals surface area (Å²) in [5.41, 5.74) is -0.614. The van der Waals surface area contributed by atoms with Crippen LogP contribution in [0.4, 0.5) is 0 Å². The summed E-state index contributed by atoms with van der Waals surface area (Å²) in [6.45, 7) is 4.55. The lowest BCUT2D eigenvalue weighted by atomic mass is 9.74. The number of rotatable bonds is 37. The summed E-state index contributed by atoms with van der Waals surface area (Å²) in [7, 11) is 0. The number of aliphatic carboxylic acids is 2. The van der Waals surface area contributed by atoms with E-state index < -0.39 is 17.4 Å². The molecule has 44 heavy (non-hydrogen) atoms. The minimum Gasteiger partial charge on any atom is -0.481 e. The monoisotopic (exact) mass is 623 g/mol. The summed E-state index contributed by atoms with van der Waals surface area (Å²) in [4.78, 5) is 23.5. The van der Waals surface area contributed by atoms with Crippen LogP contribution in [0.15, 0.2) is 0 Å². The van der Waals surface area contributed by atoms with Crippen molar-refractivity contribution in [1.82, 2.24) is 0 Å². The zero-order valence-electron chi connectivity index (χ0n) is 30.0. The van der Waals surface area contributed by atoms with Gasteiger partial charge in [-0.1, -0.05) is 206 Å². The van der Waals surface area contributed by atoms with Crippen LogP contribution in [0.3, 0.4) is 0 Å². The van der Waals surface area contributed by atoms with Crippen LogP contribution in [-0.2, 0) is 9.59 Å². The van der Waals surface area contributed by atoms with E-state index in [-0.39, 0.29) is 6.42 Å². The molecule has 0 radical (unpaired) electrons. The zero-order chi connectivity index (χ0) is 32.4. The highest BCUT2D eigenvalue weighted by Gasteiger charge is 2.36. The average Bonchev–Trinajstić information content (AvgIpc) is 3.00. The van der Waals surface area contributed by atoms with Crippen molar-refractivity contribution in [2.24, 2.45) is 5.41 Å². The second-order valence-corrected chi connectivity index (χ2v) is 14.2. The van der Waals surface area contributed by atoms with Gasteiger partial charge in [0.1, 0.15) is 0 Å². The summed E-state index contributed by atoms with van der Waals surface area (Å²) in [6, 6.07) is 0. The van der Waals surface area contributed by atoms with Gasteiger partial charge in [0.15, 0.2) is 0 Å². The first kappa shape index (κ1) is 42.9. The van der Waals surface area contributed by atoms with Crippen molar-refractivity contribution in [2.45, 2.75) is 239 Å². The van der Waals surface area contributed by atoms with E-state index in [1.54, 1.807) is 0 Å². The molecule has 262 valence electrons. The molecule has 0 rings (SSSR count). The van der Waals surface area contributed by atoms with Gasteiger partial charge < -0.3 is 10.2 Å². The Hall–Kier alpha value is -1.06. The molecule has 0 bridgehead atoms. The summed E-state index contributed by atoms with van der Waals surface area (Å²) in [5, 5.41) is 19.3. The van der Waals surface area contributed by atoms with Crippen LogP contribution in [0.25, 0.3) is 0 Å².